The summed E-state index contributed by atoms with van der Waals surface area (Å²) in [4.78, 5) is 44.4. The number of aromatic nitrogens is 3. The Kier molecular flexibility index (Phi) is 5.77. The van der Waals surface area contributed by atoms with Gasteiger partial charge in [-0.05, 0) is 50.9 Å². The molecule has 2 aromatic heterocycles. The van der Waals surface area contributed by atoms with Crippen LogP contribution >= 0.6 is 0 Å². The highest BCUT2D eigenvalue weighted by atomic mass is 16.2. The minimum absolute atomic E-state index is 0.0357. The van der Waals surface area contributed by atoms with Crippen molar-refractivity contribution in [2.75, 3.05) is 19.6 Å². The van der Waals surface area contributed by atoms with Gasteiger partial charge in [0, 0.05) is 26.2 Å². The van der Waals surface area contributed by atoms with E-state index < -0.39 is 11.2 Å². The van der Waals surface area contributed by atoms with Gasteiger partial charge in [0.15, 0.2) is 0 Å². The van der Waals surface area contributed by atoms with Crippen molar-refractivity contribution in [3.8, 4) is 0 Å². The number of carbonyl (C=O) groups excluding carboxylic acids is 1. The van der Waals surface area contributed by atoms with Crippen LogP contribution in [0.2, 0.25) is 0 Å². The van der Waals surface area contributed by atoms with E-state index in [1.54, 1.807) is 19.2 Å². The van der Waals surface area contributed by atoms with Gasteiger partial charge in [0.2, 0.25) is 0 Å². The Labute approximate surface area is 175 Å². The monoisotopic (exact) mass is 413 g/mol. The summed E-state index contributed by atoms with van der Waals surface area (Å²) in [6.07, 6.45) is 9.64. The Morgan fingerprint density at radius 3 is 2.37 bits per heavy atom. The van der Waals surface area contributed by atoms with E-state index in [-0.39, 0.29) is 22.8 Å². The van der Waals surface area contributed by atoms with Crippen LogP contribution in [-0.4, -0.2) is 50.1 Å². The molecule has 8 nitrogen and oxygen atoms in total. The molecule has 0 bridgehead atoms. The second kappa shape index (κ2) is 8.34. The molecule has 2 aromatic rings. The lowest BCUT2D eigenvalue weighted by atomic mass is 9.79. The van der Waals surface area contributed by atoms with E-state index in [0.29, 0.717) is 11.9 Å². The first-order chi connectivity index (χ1) is 14.4. The summed E-state index contributed by atoms with van der Waals surface area (Å²) in [5.74, 6) is -0.257. The number of carbonyl (C=O) groups is 1. The SMILES string of the molecule is Cn1c(=O)c2ccc(C(=O)NCC3(N4CCCCC4)CCCCC3)nc2n(C)c1=O. The zero-order valence-corrected chi connectivity index (χ0v) is 17.9. The maximum absolute atomic E-state index is 12.9. The smallest absolute Gasteiger partial charge is 0.332 e. The van der Waals surface area contributed by atoms with Crippen LogP contribution < -0.4 is 16.6 Å². The van der Waals surface area contributed by atoms with Gasteiger partial charge in [-0.1, -0.05) is 25.7 Å². The second-order valence-corrected chi connectivity index (χ2v) is 8.79. The Balaban J connectivity index is 1.57. The molecular weight excluding hydrogens is 382 g/mol. The standard InChI is InChI=1S/C22H31N5O3/c1-25-18-16(20(29)26(2)21(25)30)9-10-17(24-18)19(28)23-15-22(11-5-3-6-12-22)27-13-7-4-8-14-27/h9-10H,3-8,11-15H2,1-2H3,(H,23,28). The molecule has 1 amide bonds. The zero-order valence-electron chi connectivity index (χ0n) is 17.9. The molecule has 4 rings (SSSR count). The molecule has 1 N–H and O–H groups in total. The number of hydrogen-bond donors (Lipinski definition) is 1. The van der Waals surface area contributed by atoms with Crippen molar-refractivity contribution < 1.29 is 4.79 Å². The Hall–Kier alpha value is -2.48. The molecule has 162 valence electrons. The Bertz CT molecular complexity index is 1060. The van der Waals surface area contributed by atoms with Crippen LogP contribution in [0.15, 0.2) is 21.7 Å². The van der Waals surface area contributed by atoms with Gasteiger partial charge in [-0.3, -0.25) is 23.6 Å². The first-order valence-electron chi connectivity index (χ1n) is 11.0. The van der Waals surface area contributed by atoms with E-state index in [4.69, 9.17) is 0 Å². The lowest BCUT2D eigenvalue weighted by Gasteiger charge is -2.48. The van der Waals surface area contributed by atoms with Crippen LogP contribution in [0.25, 0.3) is 11.0 Å². The van der Waals surface area contributed by atoms with Crippen LogP contribution in [0.4, 0.5) is 0 Å². The molecule has 0 spiro atoms. The van der Waals surface area contributed by atoms with Crippen molar-refractivity contribution in [1.82, 2.24) is 24.3 Å². The van der Waals surface area contributed by atoms with Gasteiger partial charge in [0.05, 0.1) is 5.39 Å². The highest BCUT2D eigenvalue weighted by molar-refractivity contribution is 5.94. The van der Waals surface area contributed by atoms with Gasteiger partial charge >= 0.3 is 5.69 Å². The van der Waals surface area contributed by atoms with Crippen molar-refractivity contribution in [2.24, 2.45) is 14.1 Å². The van der Waals surface area contributed by atoms with Crippen molar-refractivity contribution >= 4 is 16.9 Å². The largest absolute Gasteiger partial charge is 0.349 e. The predicted molar refractivity (Wildman–Crippen MR) is 116 cm³/mol. The third kappa shape index (κ3) is 3.69. The number of nitrogens with one attached hydrogen (secondary N) is 1. The van der Waals surface area contributed by atoms with Crippen LogP contribution in [0, 0.1) is 0 Å². The Morgan fingerprint density at radius 1 is 1.00 bits per heavy atom. The van der Waals surface area contributed by atoms with E-state index in [9.17, 15) is 14.4 Å². The number of amides is 1. The second-order valence-electron chi connectivity index (χ2n) is 8.79. The normalized spacial score (nSPS) is 19.7. The fraction of sp³-hybridized carbons (Fsp3) is 0.636. The van der Waals surface area contributed by atoms with Crippen molar-refractivity contribution in [2.45, 2.75) is 56.9 Å². The van der Waals surface area contributed by atoms with E-state index >= 15 is 0 Å². The molecule has 2 fully saturated rings. The molecule has 1 saturated heterocycles. The van der Waals surface area contributed by atoms with Gasteiger partial charge in [0.1, 0.15) is 11.3 Å². The fourth-order valence-electron chi connectivity index (χ4n) is 5.10. The van der Waals surface area contributed by atoms with Crippen molar-refractivity contribution in [1.29, 1.82) is 0 Å². The summed E-state index contributed by atoms with van der Waals surface area (Å²) >= 11 is 0. The summed E-state index contributed by atoms with van der Waals surface area (Å²) in [5.41, 5.74) is -0.356. The lowest BCUT2D eigenvalue weighted by molar-refractivity contribution is 0.0326. The highest BCUT2D eigenvalue weighted by Gasteiger charge is 2.38. The van der Waals surface area contributed by atoms with E-state index in [0.717, 1.165) is 30.5 Å². The average molecular weight is 414 g/mol. The average Bonchev–Trinajstić information content (AvgIpc) is 2.80. The maximum atomic E-state index is 12.9. The quantitative estimate of drug-likeness (QED) is 0.822. The van der Waals surface area contributed by atoms with Gasteiger partial charge in [0.25, 0.3) is 11.5 Å². The maximum Gasteiger partial charge on any atom is 0.332 e. The predicted octanol–water partition coefficient (Wildman–Crippen LogP) is 1.55. The molecule has 30 heavy (non-hydrogen) atoms. The van der Waals surface area contributed by atoms with Crippen LogP contribution in [0.3, 0.4) is 0 Å². The third-order valence-electron chi connectivity index (χ3n) is 6.92. The highest BCUT2D eigenvalue weighted by Crippen LogP contribution is 2.35. The molecule has 1 aliphatic heterocycles. The molecule has 0 unspecified atom stereocenters. The number of aryl methyl sites for hydroxylation is 1. The van der Waals surface area contributed by atoms with Crippen LogP contribution in [0.5, 0.6) is 0 Å². The molecule has 1 saturated carbocycles. The molecular formula is C22H31N5O3. The van der Waals surface area contributed by atoms with Crippen LogP contribution in [-0.2, 0) is 14.1 Å². The topological polar surface area (TPSA) is 89.2 Å². The number of nitrogens with zero attached hydrogens (tertiary/aromatic N) is 4. The van der Waals surface area contributed by atoms with Crippen molar-refractivity contribution in [3.05, 3.63) is 38.7 Å². The molecule has 0 radical (unpaired) electrons. The minimum atomic E-state index is -0.455. The summed E-state index contributed by atoms with van der Waals surface area (Å²) in [7, 11) is 3.00. The summed E-state index contributed by atoms with van der Waals surface area (Å²) < 4.78 is 2.36. The first kappa shape index (κ1) is 20.8. The van der Waals surface area contributed by atoms with E-state index in [1.807, 2.05) is 0 Å². The van der Waals surface area contributed by atoms with E-state index in [1.165, 1.54) is 50.1 Å². The molecule has 2 aliphatic rings. The number of fused-ring (bicyclic) bond motifs is 1. The molecule has 0 atom stereocenters. The van der Waals surface area contributed by atoms with Crippen LogP contribution in [0.1, 0.15) is 61.9 Å². The zero-order chi connectivity index (χ0) is 21.3. The van der Waals surface area contributed by atoms with Gasteiger partial charge in [-0.2, -0.15) is 0 Å². The van der Waals surface area contributed by atoms with E-state index in [2.05, 4.69) is 15.2 Å². The summed E-state index contributed by atoms with van der Waals surface area (Å²) in [5, 5.41) is 3.44. The third-order valence-corrected chi connectivity index (χ3v) is 6.92. The molecule has 8 heteroatoms. The summed E-state index contributed by atoms with van der Waals surface area (Å²) in [6, 6.07) is 3.15. The van der Waals surface area contributed by atoms with Gasteiger partial charge in [-0.15, -0.1) is 0 Å². The number of rotatable bonds is 4. The number of piperidine rings is 1. The Morgan fingerprint density at radius 2 is 1.67 bits per heavy atom. The molecule has 3 heterocycles. The van der Waals surface area contributed by atoms with Gasteiger partial charge in [-0.25, -0.2) is 9.78 Å². The van der Waals surface area contributed by atoms with Gasteiger partial charge < -0.3 is 5.32 Å². The minimum Gasteiger partial charge on any atom is -0.349 e. The number of pyridine rings is 1. The van der Waals surface area contributed by atoms with Crippen molar-refractivity contribution in [3.63, 3.8) is 0 Å². The number of likely N-dealkylation sites (tertiary alicyclic amines) is 1. The fourth-order valence-corrected chi connectivity index (χ4v) is 5.10. The molecule has 1 aliphatic carbocycles. The first-order valence-corrected chi connectivity index (χ1v) is 11.0. The lowest BCUT2D eigenvalue weighted by Crippen LogP contribution is -2.58. The molecule has 0 aromatic carbocycles. The summed E-state index contributed by atoms with van der Waals surface area (Å²) in [6.45, 7) is 2.83. The number of hydrogen-bond acceptors (Lipinski definition) is 5.